The number of carbonyl (C=O) groups is 1. The van der Waals surface area contributed by atoms with Crippen LogP contribution in [0.3, 0.4) is 0 Å². The van der Waals surface area contributed by atoms with Crippen molar-refractivity contribution in [1.29, 1.82) is 0 Å². The minimum atomic E-state index is -0.0949. The zero-order valence-electron chi connectivity index (χ0n) is 12.1. The Labute approximate surface area is 138 Å². The predicted molar refractivity (Wildman–Crippen MR) is 84.5 cm³/mol. The van der Waals surface area contributed by atoms with Crippen molar-refractivity contribution in [1.82, 2.24) is 10.1 Å². The second-order valence-electron chi connectivity index (χ2n) is 5.45. The molecule has 2 heterocycles. The molecule has 0 bridgehead atoms. The highest BCUT2D eigenvalue weighted by Crippen LogP contribution is 2.29. The van der Waals surface area contributed by atoms with Gasteiger partial charge in [0.15, 0.2) is 11.5 Å². The molecule has 1 saturated heterocycles. The molecule has 1 aromatic heterocycles. The molecule has 0 radical (unpaired) electrons. The van der Waals surface area contributed by atoms with Crippen molar-refractivity contribution in [2.24, 2.45) is 0 Å². The number of quaternary nitrogens is 1. The van der Waals surface area contributed by atoms with E-state index < -0.39 is 0 Å². The van der Waals surface area contributed by atoms with E-state index in [0.717, 1.165) is 31.7 Å². The Hall–Kier alpha value is -1.56. The van der Waals surface area contributed by atoms with Gasteiger partial charge in [0, 0.05) is 11.6 Å². The second kappa shape index (κ2) is 6.28. The van der Waals surface area contributed by atoms with Crippen LogP contribution in [0.5, 0.6) is 0 Å². The predicted octanol–water partition coefficient (Wildman–Crippen LogP) is 1.62. The van der Waals surface area contributed by atoms with Gasteiger partial charge in [-0.3, -0.25) is 4.79 Å². The summed E-state index contributed by atoms with van der Waals surface area (Å²) in [6.07, 6.45) is 0. The summed E-state index contributed by atoms with van der Waals surface area (Å²) in [5.74, 6) is 0.407. The second-order valence-corrected chi connectivity index (χ2v) is 6.27. The van der Waals surface area contributed by atoms with E-state index >= 15 is 0 Å². The summed E-state index contributed by atoms with van der Waals surface area (Å²) in [6, 6.07) is 6.81. The third-order valence-corrected chi connectivity index (χ3v) is 4.58. The molecule has 1 aliphatic heterocycles. The molecule has 7 heteroatoms. The topological polar surface area (TPSA) is 50.8 Å². The van der Waals surface area contributed by atoms with Gasteiger partial charge >= 0.3 is 0 Å². The Morgan fingerprint density at radius 3 is 2.64 bits per heavy atom. The Morgan fingerprint density at radius 1 is 1.23 bits per heavy atom. The van der Waals surface area contributed by atoms with Crippen molar-refractivity contribution >= 4 is 29.1 Å². The summed E-state index contributed by atoms with van der Waals surface area (Å²) in [7, 11) is 2.13. The van der Waals surface area contributed by atoms with Crippen LogP contribution in [0.2, 0.25) is 10.0 Å². The van der Waals surface area contributed by atoms with Crippen molar-refractivity contribution in [2.45, 2.75) is 0 Å². The molecule has 0 saturated carbocycles. The van der Waals surface area contributed by atoms with E-state index in [9.17, 15) is 4.79 Å². The van der Waals surface area contributed by atoms with Crippen molar-refractivity contribution in [3.05, 3.63) is 40.0 Å². The molecule has 22 heavy (non-hydrogen) atoms. The first kappa shape index (κ1) is 15.3. The molecule has 1 aromatic carbocycles. The smallest absolute Gasteiger partial charge is 0.276 e. The largest absolute Gasteiger partial charge is 0.355 e. The highest BCUT2D eigenvalue weighted by molar-refractivity contribution is 6.42. The molecule has 0 spiro atoms. The molecule has 0 atom stereocenters. The maximum Gasteiger partial charge on any atom is 0.276 e. The van der Waals surface area contributed by atoms with Crippen molar-refractivity contribution in [2.75, 3.05) is 33.2 Å². The average molecular weight is 341 g/mol. The third-order valence-electron chi connectivity index (χ3n) is 3.84. The van der Waals surface area contributed by atoms with Gasteiger partial charge in [0.2, 0.25) is 0 Å². The van der Waals surface area contributed by atoms with Crippen LogP contribution in [0.15, 0.2) is 28.8 Å². The number of piperazine rings is 1. The maximum atomic E-state index is 12.4. The van der Waals surface area contributed by atoms with Gasteiger partial charge < -0.3 is 14.3 Å². The van der Waals surface area contributed by atoms with E-state index in [1.165, 1.54) is 4.90 Å². The van der Waals surface area contributed by atoms with Crippen LogP contribution >= 0.6 is 23.2 Å². The monoisotopic (exact) mass is 340 g/mol. The molecule has 1 fully saturated rings. The lowest BCUT2D eigenvalue weighted by Crippen LogP contribution is -3.12. The fourth-order valence-electron chi connectivity index (χ4n) is 2.41. The number of halogens is 2. The summed E-state index contributed by atoms with van der Waals surface area (Å²) >= 11 is 11.9. The number of benzene rings is 1. The highest BCUT2D eigenvalue weighted by atomic mass is 35.5. The number of likely N-dealkylation sites (N-methyl/N-ethyl adjacent to an activating group) is 1. The summed E-state index contributed by atoms with van der Waals surface area (Å²) in [5.41, 5.74) is 1.06. The molecule has 1 N–H and O–H groups in total. The number of amides is 1. The van der Waals surface area contributed by atoms with Gasteiger partial charge in [-0.2, -0.15) is 0 Å². The van der Waals surface area contributed by atoms with Crippen molar-refractivity contribution in [3.8, 4) is 11.3 Å². The fraction of sp³-hybridized carbons (Fsp3) is 0.333. The Bertz CT molecular complexity index is 694. The van der Waals surface area contributed by atoms with Crippen LogP contribution in [0, 0.1) is 0 Å². The van der Waals surface area contributed by atoms with E-state index in [1.54, 1.807) is 24.3 Å². The van der Waals surface area contributed by atoms with Crippen LogP contribution in [0.25, 0.3) is 11.3 Å². The molecule has 5 nitrogen and oxygen atoms in total. The highest BCUT2D eigenvalue weighted by Gasteiger charge is 2.25. The average Bonchev–Trinajstić information content (AvgIpc) is 3.00. The Balaban J connectivity index is 1.78. The molecule has 116 valence electrons. The molecule has 2 aromatic rings. The Kier molecular flexibility index (Phi) is 4.38. The number of aromatic nitrogens is 1. The van der Waals surface area contributed by atoms with E-state index in [4.69, 9.17) is 27.7 Å². The van der Waals surface area contributed by atoms with Crippen LogP contribution in [-0.4, -0.2) is 49.2 Å². The van der Waals surface area contributed by atoms with Gasteiger partial charge in [0.1, 0.15) is 0 Å². The van der Waals surface area contributed by atoms with Gasteiger partial charge in [-0.15, -0.1) is 0 Å². The first-order valence-electron chi connectivity index (χ1n) is 7.07. The van der Waals surface area contributed by atoms with Crippen LogP contribution in [-0.2, 0) is 0 Å². The summed E-state index contributed by atoms with van der Waals surface area (Å²) in [5, 5.41) is 4.80. The number of carbonyl (C=O) groups excluding carboxylic acids is 1. The molecule has 0 aliphatic carbocycles. The van der Waals surface area contributed by atoms with Gasteiger partial charge in [-0.25, -0.2) is 0 Å². The number of rotatable bonds is 2. The first-order valence-corrected chi connectivity index (χ1v) is 7.83. The summed E-state index contributed by atoms with van der Waals surface area (Å²) in [4.78, 5) is 15.7. The lowest BCUT2D eigenvalue weighted by Gasteiger charge is -2.29. The summed E-state index contributed by atoms with van der Waals surface area (Å²) < 4.78 is 5.27. The molecular weight excluding hydrogens is 325 g/mol. The van der Waals surface area contributed by atoms with Crippen LogP contribution in [0.1, 0.15) is 10.5 Å². The lowest BCUT2D eigenvalue weighted by molar-refractivity contribution is -0.883. The summed E-state index contributed by atoms with van der Waals surface area (Å²) in [6.45, 7) is 3.37. The standard InChI is InChI=1S/C15H15Cl2N3O2/c1-19-4-6-20(7-5-19)15(21)13-9-14(22-18-13)10-2-3-11(16)12(17)8-10/h2-3,8-9H,4-7H2,1H3/p+1. The molecular formula is C15H16Cl2N3O2+. The zero-order valence-corrected chi connectivity index (χ0v) is 13.6. The van der Waals surface area contributed by atoms with E-state index in [0.29, 0.717) is 21.5 Å². The van der Waals surface area contributed by atoms with Gasteiger partial charge in [-0.1, -0.05) is 28.4 Å². The molecule has 1 aliphatic rings. The quantitative estimate of drug-likeness (QED) is 0.903. The number of nitrogens with one attached hydrogen (secondary N) is 1. The zero-order chi connectivity index (χ0) is 15.7. The first-order chi connectivity index (χ1) is 10.5. The number of hydrogen-bond donors (Lipinski definition) is 1. The SMILES string of the molecule is C[NH+]1CCN(C(=O)c2cc(-c3ccc(Cl)c(Cl)c3)on2)CC1. The van der Waals surface area contributed by atoms with Crippen LogP contribution in [0.4, 0.5) is 0 Å². The molecule has 3 rings (SSSR count). The lowest BCUT2D eigenvalue weighted by atomic mass is 10.1. The van der Waals surface area contributed by atoms with Crippen LogP contribution < -0.4 is 4.90 Å². The van der Waals surface area contributed by atoms with Crippen molar-refractivity contribution in [3.63, 3.8) is 0 Å². The normalized spacial score (nSPS) is 16.0. The van der Waals surface area contributed by atoms with Crippen molar-refractivity contribution < 1.29 is 14.2 Å². The maximum absolute atomic E-state index is 12.4. The minimum Gasteiger partial charge on any atom is -0.355 e. The number of hydrogen-bond acceptors (Lipinski definition) is 3. The third kappa shape index (κ3) is 3.11. The Morgan fingerprint density at radius 2 is 1.95 bits per heavy atom. The van der Waals surface area contributed by atoms with Gasteiger partial charge in [0.25, 0.3) is 5.91 Å². The fourth-order valence-corrected chi connectivity index (χ4v) is 2.71. The van der Waals surface area contributed by atoms with E-state index in [2.05, 4.69) is 12.2 Å². The molecule has 0 unspecified atom stereocenters. The minimum absolute atomic E-state index is 0.0949. The van der Waals surface area contributed by atoms with Gasteiger partial charge in [-0.05, 0) is 18.2 Å². The molecule has 1 amide bonds. The number of nitrogens with zero attached hydrogens (tertiary/aromatic N) is 2. The van der Waals surface area contributed by atoms with E-state index in [1.807, 2.05) is 4.90 Å². The van der Waals surface area contributed by atoms with Gasteiger partial charge in [0.05, 0.1) is 43.3 Å². The van der Waals surface area contributed by atoms with E-state index in [-0.39, 0.29) is 5.91 Å².